The number of esters is 1. The maximum Gasteiger partial charge on any atom is 0.317 e. The van der Waals surface area contributed by atoms with Gasteiger partial charge < -0.3 is 9.64 Å². The minimum atomic E-state index is -0.840. The summed E-state index contributed by atoms with van der Waals surface area (Å²) in [7, 11) is 0. The molecule has 0 bridgehead atoms. The number of rotatable bonds is 5. The molecule has 4 rings (SSSR count). The molecule has 0 N–H and O–H groups in total. The topological polar surface area (TPSA) is 72.4 Å². The van der Waals surface area contributed by atoms with E-state index in [2.05, 4.69) is 9.97 Å². The molecule has 6 nitrogen and oxygen atoms in total. The van der Waals surface area contributed by atoms with Crippen molar-refractivity contribution in [2.24, 2.45) is 0 Å². The highest BCUT2D eigenvalue weighted by molar-refractivity contribution is 8.00. The number of para-hydroxylation sites is 1. The summed E-state index contributed by atoms with van der Waals surface area (Å²) in [6.07, 6.45) is 1.46. The third-order valence-electron chi connectivity index (χ3n) is 4.65. The fourth-order valence-electron chi connectivity index (χ4n) is 3.39. The van der Waals surface area contributed by atoms with Crippen molar-refractivity contribution >= 4 is 50.9 Å². The van der Waals surface area contributed by atoms with Gasteiger partial charge >= 0.3 is 5.97 Å². The number of carbonyl (C=O) groups excluding carboxylic acids is 2. The van der Waals surface area contributed by atoms with Crippen LogP contribution in [0.5, 0.6) is 0 Å². The van der Waals surface area contributed by atoms with Crippen LogP contribution in [0, 0.1) is 0 Å². The van der Waals surface area contributed by atoms with Gasteiger partial charge in [0, 0.05) is 17.1 Å². The highest BCUT2D eigenvalue weighted by Crippen LogP contribution is 2.32. The predicted octanol–water partition coefficient (Wildman–Crippen LogP) is 3.69. The molecule has 1 aliphatic heterocycles. The number of carbonyl (C=O) groups is 2. The molecular weight excluding hydrogens is 394 g/mol. The van der Waals surface area contributed by atoms with Crippen molar-refractivity contribution in [2.75, 3.05) is 10.7 Å². The number of hydrogen-bond acceptors (Lipinski definition) is 7. The van der Waals surface area contributed by atoms with Gasteiger partial charge in [-0.1, -0.05) is 30.0 Å². The highest BCUT2D eigenvalue weighted by atomic mass is 32.2. The summed E-state index contributed by atoms with van der Waals surface area (Å²) < 4.78 is 5.41. The highest BCUT2D eigenvalue weighted by Gasteiger charge is 2.34. The van der Waals surface area contributed by atoms with Gasteiger partial charge in [0.15, 0.2) is 6.10 Å². The Bertz CT molecular complexity index is 1040. The lowest BCUT2D eigenvalue weighted by Crippen LogP contribution is -2.43. The van der Waals surface area contributed by atoms with E-state index in [1.54, 1.807) is 11.8 Å². The summed E-state index contributed by atoms with van der Waals surface area (Å²) in [5.74, 6) is -0.544. The summed E-state index contributed by atoms with van der Waals surface area (Å²) in [5, 5.41) is 3.61. The van der Waals surface area contributed by atoms with Gasteiger partial charge in [-0.2, -0.15) is 0 Å². The summed E-state index contributed by atoms with van der Waals surface area (Å²) in [4.78, 5) is 36.2. The molecule has 0 spiro atoms. The zero-order chi connectivity index (χ0) is 19.7. The second-order valence-corrected chi connectivity index (χ2v) is 8.49. The molecule has 1 amide bonds. The van der Waals surface area contributed by atoms with E-state index in [0.29, 0.717) is 0 Å². The van der Waals surface area contributed by atoms with E-state index in [1.165, 1.54) is 29.4 Å². The first kappa shape index (κ1) is 18.9. The van der Waals surface area contributed by atoms with E-state index < -0.39 is 12.1 Å². The van der Waals surface area contributed by atoms with E-state index in [0.717, 1.165) is 32.9 Å². The molecule has 2 atom stereocenters. The smallest absolute Gasteiger partial charge is 0.317 e. The number of fused-ring (bicyclic) bond motifs is 2. The molecule has 3 aromatic rings. The van der Waals surface area contributed by atoms with Crippen LogP contribution in [0.1, 0.15) is 19.4 Å². The predicted molar refractivity (Wildman–Crippen MR) is 111 cm³/mol. The van der Waals surface area contributed by atoms with Crippen LogP contribution < -0.4 is 4.90 Å². The summed E-state index contributed by atoms with van der Waals surface area (Å²) in [6.45, 7) is 3.63. The molecular formula is C20H19N3O3S2. The molecule has 0 fully saturated rings. The maximum absolute atomic E-state index is 12.9. The zero-order valence-electron chi connectivity index (χ0n) is 15.5. The fourth-order valence-corrected chi connectivity index (χ4v) is 4.95. The summed E-state index contributed by atoms with van der Waals surface area (Å²) in [6, 6.07) is 9.83. The molecule has 0 radical (unpaired) electrons. The largest absolute Gasteiger partial charge is 0.452 e. The standard InChI is InChI=1S/C20H19N3O3S2/c1-12-9-14-5-3-4-6-16(14)23(12)20(25)13(2)26-17(24)10-28-19-15-7-8-27-18(15)21-11-22-19/h3-8,11-13H,9-10H2,1-2H3/t12-,13+/m0/s1. The van der Waals surface area contributed by atoms with Gasteiger partial charge in [-0.15, -0.1) is 11.3 Å². The Labute approximate surface area is 170 Å². The Morgan fingerprint density at radius 2 is 2.14 bits per heavy atom. The molecule has 0 saturated carbocycles. The van der Waals surface area contributed by atoms with E-state index in [-0.39, 0.29) is 17.7 Å². The van der Waals surface area contributed by atoms with Gasteiger partial charge in [-0.05, 0) is 43.3 Å². The minimum absolute atomic E-state index is 0.0494. The van der Waals surface area contributed by atoms with E-state index in [9.17, 15) is 9.59 Å². The third-order valence-corrected chi connectivity index (χ3v) is 6.45. The van der Waals surface area contributed by atoms with E-state index in [4.69, 9.17) is 4.74 Å². The molecule has 3 heterocycles. The molecule has 1 aliphatic rings. The lowest BCUT2D eigenvalue weighted by molar-refractivity contribution is -0.151. The lowest BCUT2D eigenvalue weighted by atomic mass is 10.1. The van der Waals surface area contributed by atoms with Crippen molar-refractivity contribution in [1.29, 1.82) is 0 Å². The number of aromatic nitrogens is 2. The van der Waals surface area contributed by atoms with Crippen molar-refractivity contribution in [3.8, 4) is 0 Å². The normalized spacial score (nSPS) is 16.8. The summed E-state index contributed by atoms with van der Waals surface area (Å²) in [5.41, 5.74) is 2.04. The Morgan fingerprint density at radius 1 is 1.32 bits per heavy atom. The van der Waals surface area contributed by atoms with Gasteiger partial charge in [0.25, 0.3) is 5.91 Å². The van der Waals surface area contributed by atoms with Gasteiger partial charge in [0.2, 0.25) is 0 Å². The van der Waals surface area contributed by atoms with E-state index in [1.807, 2.05) is 42.6 Å². The van der Waals surface area contributed by atoms with Gasteiger partial charge in [0.1, 0.15) is 16.2 Å². The van der Waals surface area contributed by atoms with Crippen LogP contribution in [0.2, 0.25) is 0 Å². The first-order chi connectivity index (χ1) is 13.5. The molecule has 1 aromatic carbocycles. The Morgan fingerprint density at radius 3 is 3.00 bits per heavy atom. The van der Waals surface area contributed by atoms with Crippen LogP contribution in [0.15, 0.2) is 47.1 Å². The monoisotopic (exact) mass is 413 g/mol. The van der Waals surface area contributed by atoms with E-state index >= 15 is 0 Å². The number of thiophene rings is 1. The number of anilines is 1. The van der Waals surface area contributed by atoms with Gasteiger partial charge in [-0.25, -0.2) is 9.97 Å². The van der Waals surface area contributed by atoms with Crippen LogP contribution in [0.4, 0.5) is 5.69 Å². The first-order valence-corrected chi connectivity index (χ1v) is 10.8. The van der Waals surface area contributed by atoms with Crippen molar-refractivity contribution in [1.82, 2.24) is 9.97 Å². The number of ether oxygens (including phenoxy) is 1. The molecule has 8 heteroatoms. The molecule has 0 aliphatic carbocycles. The van der Waals surface area contributed by atoms with Crippen molar-refractivity contribution < 1.29 is 14.3 Å². The van der Waals surface area contributed by atoms with Crippen LogP contribution >= 0.6 is 23.1 Å². The van der Waals surface area contributed by atoms with Gasteiger partial charge in [0.05, 0.1) is 5.75 Å². The third kappa shape index (κ3) is 3.62. The number of hydrogen-bond donors (Lipinski definition) is 0. The molecule has 0 unspecified atom stereocenters. The average Bonchev–Trinajstić information content (AvgIpc) is 3.29. The van der Waals surface area contributed by atoms with Crippen LogP contribution in [0.3, 0.4) is 0 Å². The van der Waals surface area contributed by atoms with Gasteiger partial charge in [-0.3, -0.25) is 9.59 Å². The van der Waals surface area contributed by atoms with Crippen molar-refractivity contribution in [3.05, 3.63) is 47.6 Å². The molecule has 28 heavy (non-hydrogen) atoms. The maximum atomic E-state index is 12.9. The number of nitrogens with zero attached hydrogens (tertiary/aromatic N) is 3. The fraction of sp³-hybridized carbons (Fsp3) is 0.300. The first-order valence-electron chi connectivity index (χ1n) is 8.96. The van der Waals surface area contributed by atoms with Crippen molar-refractivity contribution in [3.63, 3.8) is 0 Å². The zero-order valence-corrected chi connectivity index (χ0v) is 17.1. The second kappa shape index (κ2) is 7.89. The Balaban J connectivity index is 1.38. The van der Waals surface area contributed by atoms with Crippen molar-refractivity contribution in [2.45, 2.75) is 37.4 Å². The van der Waals surface area contributed by atoms with Crippen LogP contribution in [-0.4, -0.2) is 39.7 Å². The quantitative estimate of drug-likeness (QED) is 0.361. The summed E-state index contributed by atoms with van der Waals surface area (Å²) >= 11 is 2.82. The number of thioether (sulfide) groups is 1. The van der Waals surface area contributed by atoms with Crippen LogP contribution in [0.25, 0.3) is 10.2 Å². The average molecular weight is 414 g/mol. The lowest BCUT2D eigenvalue weighted by Gasteiger charge is -2.25. The Hall–Kier alpha value is -2.45. The Kier molecular flexibility index (Phi) is 5.32. The minimum Gasteiger partial charge on any atom is -0.452 e. The molecule has 2 aromatic heterocycles. The number of benzene rings is 1. The number of amides is 1. The molecule has 144 valence electrons. The van der Waals surface area contributed by atoms with Crippen LogP contribution in [-0.2, 0) is 20.7 Å². The second-order valence-electron chi connectivity index (χ2n) is 6.63. The molecule has 0 saturated heterocycles. The SMILES string of the molecule is C[C@@H](OC(=O)CSc1ncnc2sccc12)C(=O)N1c2ccccc2C[C@@H]1C.